The Kier molecular flexibility index (Phi) is 5.40. The fourth-order valence-corrected chi connectivity index (χ4v) is 4.57. The van der Waals surface area contributed by atoms with Crippen LogP contribution in [-0.4, -0.2) is 38.1 Å². The first-order valence-electron chi connectivity index (χ1n) is 7.17. The van der Waals surface area contributed by atoms with Gasteiger partial charge in [0.25, 0.3) is 0 Å². The number of amides is 1. The second kappa shape index (κ2) is 6.89. The van der Waals surface area contributed by atoms with Gasteiger partial charge in [0.15, 0.2) is 0 Å². The van der Waals surface area contributed by atoms with Crippen molar-refractivity contribution in [1.29, 1.82) is 0 Å². The van der Waals surface area contributed by atoms with Crippen molar-refractivity contribution in [3.8, 4) is 0 Å². The molecule has 1 aromatic heterocycles. The number of nitrogens with zero attached hydrogens (tertiary/aromatic N) is 1. The summed E-state index contributed by atoms with van der Waals surface area (Å²) in [5.74, 6) is 0.280. The number of likely N-dealkylation sites (tertiary alicyclic amines) is 1. The fourth-order valence-electron chi connectivity index (χ4n) is 2.69. The van der Waals surface area contributed by atoms with Gasteiger partial charge in [-0.25, -0.2) is 13.6 Å². The van der Waals surface area contributed by atoms with Gasteiger partial charge < -0.3 is 4.90 Å². The van der Waals surface area contributed by atoms with Gasteiger partial charge >= 0.3 is 0 Å². The lowest BCUT2D eigenvalue weighted by atomic mass is 9.98. The first-order valence-corrected chi connectivity index (χ1v) is 9.70. The van der Waals surface area contributed by atoms with E-state index in [1.54, 1.807) is 11.3 Å². The van der Waals surface area contributed by atoms with Crippen molar-refractivity contribution in [2.75, 3.05) is 18.8 Å². The molecular formula is C14H22N2O3S2. The van der Waals surface area contributed by atoms with Crippen molar-refractivity contribution in [2.45, 2.75) is 32.6 Å². The molecule has 2 N–H and O–H groups in total. The summed E-state index contributed by atoms with van der Waals surface area (Å²) < 4.78 is 22.1. The number of carbonyl (C=O) groups is 1. The van der Waals surface area contributed by atoms with Gasteiger partial charge in [-0.1, -0.05) is 0 Å². The molecule has 5 nitrogen and oxygen atoms in total. The first kappa shape index (κ1) is 16.5. The van der Waals surface area contributed by atoms with Crippen LogP contribution < -0.4 is 5.14 Å². The number of nitrogens with two attached hydrogens (primary N) is 1. The van der Waals surface area contributed by atoms with E-state index in [0.717, 1.165) is 19.3 Å². The smallest absolute Gasteiger partial charge is 0.222 e. The minimum Gasteiger partial charge on any atom is -0.343 e. The van der Waals surface area contributed by atoms with Gasteiger partial charge in [0.2, 0.25) is 15.9 Å². The van der Waals surface area contributed by atoms with E-state index in [2.05, 4.69) is 19.1 Å². The number of rotatable bonds is 5. The highest BCUT2D eigenvalue weighted by atomic mass is 32.2. The number of thiophene rings is 1. The lowest BCUT2D eigenvalue weighted by Gasteiger charge is -2.31. The monoisotopic (exact) mass is 330 g/mol. The third kappa shape index (κ3) is 5.41. The number of sulfonamides is 1. The molecule has 0 aromatic carbocycles. The molecule has 7 heteroatoms. The number of carbonyl (C=O) groups excluding carboxylic acids is 1. The Bertz CT molecular complexity index is 587. The van der Waals surface area contributed by atoms with Crippen LogP contribution in [0.25, 0.3) is 0 Å². The predicted octanol–water partition coefficient (Wildman–Crippen LogP) is 1.52. The van der Waals surface area contributed by atoms with E-state index in [-0.39, 0.29) is 17.6 Å². The number of hydrogen-bond donors (Lipinski definition) is 1. The maximum absolute atomic E-state index is 12.2. The van der Waals surface area contributed by atoms with Crippen LogP contribution in [0.2, 0.25) is 0 Å². The molecule has 1 fully saturated rings. The molecule has 0 saturated carbocycles. The zero-order valence-corrected chi connectivity index (χ0v) is 13.9. The molecule has 0 aliphatic carbocycles. The second-order valence-corrected chi connectivity index (χ2v) is 8.70. The molecule has 2 heterocycles. The zero-order chi connectivity index (χ0) is 15.5. The lowest BCUT2D eigenvalue weighted by Crippen LogP contribution is -2.40. The minimum absolute atomic E-state index is 0.0313. The summed E-state index contributed by atoms with van der Waals surface area (Å²) in [6.45, 7) is 3.34. The van der Waals surface area contributed by atoms with Crippen LogP contribution in [0.4, 0.5) is 0 Å². The van der Waals surface area contributed by atoms with Crippen LogP contribution in [0.3, 0.4) is 0 Å². The molecule has 21 heavy (non-hydrogen) atoms. The topological polar surface area (TPSA) is 80.5 Å². The molecule has 118 valence electrons. The number of hydrogen-bond acceptors (Lipinski definition) is 4. The van der Waals surface area contributed by atoms with Gasteiger partial charge in [0, 0.05) is 29.3 Å². The maximum Gasteiger partial charge on any atom is 0.222 e. The highest BCUT2D eigenvalue weighted by Crippen LogP contribution is 2.21. The first-order chi connectivity index (χ1) is 9.83. The predicted molar refractivity (Wildman–Crippen MR) is 84.7 cm³/mol. The van der Waals surface area contributed by atoms with Crippen LogP contribution in [-0.2, 0) is 21.2 Å². The summed E-state index contributed by atoms with van der Waals surface area (Å²) in [6.07, 6.45) is 2.76. The van der Waals surface area contributed by atoms with Crippen LogP contribution in [0.15, 0.2) is 12.1 Å². The normalized spacial score (nSPS) is 17.1. The largest absolute Gasteiger partial charge is 0.343 e. The maximum atomic E-state index is 12.2. The van der Waals surface area contributed by atoms with Crippen LogP contribution >= 0.6 is 11.3 Å². The summed E-state index contributed by atoms with van der Waals surface area (Å²) in [5.41, 5.74) is 0. The number of piperidine rings is 1. The zero-order valence-electron chi connectivity index (χ0n) is 12.2. The Hall–Kier alpha value is -0.920. The standard InChI is InChI=1S/C14H22N2O3S2/c1-11-2-3-13(20-11)4-5-14(17)16-8-6-12(7-9-16)10-21(15,18)19/h2-3,12H,4-10H2,1H3,(H2,15,18,19). The van der Waals surface area contributed by atoms with Crippen LogP contribution in [0.1, 0.15) is 29.0 Å². The fraction of sp³-hybridized carbons (Fsp3) is 0.643. The Balaban J connectivity index is 1.75. The molecule has 0 radical (unpaired) electrons. The Labute approximate surface area is 130 Å². The van der Waals surface area contributed by atoms with Gasteiger partial charge in [0.05, 0.1) is 5.75 Å². The van der Waals surface area contributed by atoms with Gasteiger partial charge in [-0.3, -0.25) is 4.79 Å². The minimum atomic E-state index is -3.41. The molecule has 2 rings (SSSR count). The molecule has 1 saturated heterocycles. The van der Waals surface area contributed by atoms with Crippen LogP contribution in [0, 0.1) is 12.8 Å². The van der Waals surface area contributed by atoms with Crippen molar-refractivity contribution in [3.05, 3.63) is 21.9 Å². The molecule has 0 unspecified atom stereocenters. The van der Waals surface area contributed by atoms with Gasteiger partial charge in [-0.2, -0.15) is 0 Å². The molecule has 1 amide bonds. The van der Waals surface area contributed by atoms with E-state index < -0.39 is 10.0 Å². The molecule has 1 aliphatic rings. The molecule has 0 atom stereocenters. The number of primary sulfonamides is 1. The van der Waals surface area contributed by atoms with Crippen molar-refractivity contribution >= 4 is 27.3 Å². The van der Waals surface area contributed by atoms with Crippen molar-refractivity contribution in [2.24, 2.45) is 11.1 Å². The van der Waals surface area contributed by atoms with Crippen molar-refractivity contribution < 1.29 is 13.2 Å². The lowest BCUT2D eigenvalue weighted by molar-refractivity contribution is -0.132. The van der Waals surface area contributed by atoms with E-state index in [1.165, 1.54) is 9.75 Å². The van der Waals surface area contributed by atoms with Gasteiger partial charge in [-0.15, -0.1) is 11.3 Å². The SMILES string of the molecule is Cc1ccc(CCC(=O)N2CCC(CS(N)(=O)=O)CC2)s1. The van der Waals surface area contributed by atoms with Gasteiger partial charge in [-0.05, 0) is 44.2 Å². The molecule has 1 aromatic rings. The van der Waals surface area contributed by atoms with E-state index in [9.17, 15) is 13.2 Å². The Morgan fingerprint density at radius 2 is 2.05 bits per heavy atom. The van der Waals surface area contributed by atoms with Crippen molar-refractivity contribution in [1.82, 2.24) is 4.90 Å². The summed E-state index contributed by atoms with van der Waals surface area (Å²) >= 11 is 1.73. The summed E-state index contributed by atoms with van der Waals surface area (Å²) in [5, 5.41) is 5.07. The highest BCUT2D eigenvalue weighted by molar-refractivity contribution is 7.89. The Morgan fingerprint density at radius 1 is 1.38 bits per heavy atom. The van der Waals surface area contributed by atoms with Crippen LogP contribution in [0.5, 0.6) is 0 Å². The summed E-state index contributed by atoms with van der Waals surface area (Å²) in [4.78, 5) is 16.5. The Morgan fingerprint density at radius 3 is 2.57 bits per heavy atom. The average Bonchev–Trinajstić information content (AvgIpc) is 2.81. The number of aryl methyl sites for hydroxylation is 2. The summed E-state index contributed by atoms with van der Waals surface area (Å²) in [7, 11) is -3.41. The highest BCUT2D eigenvalue weighted by Gasteiger charge is 2.25. The summed E-state index contributed by atoms with van der Waals surface area (Å²) in [6, 6.07) is 4.15. The molecule has 1 aliphatic heterocycles. The molecule has 0 spiro atoms. The van der Waals surface area contributed by atoms with E-state index in [4.69, 9.17) is 5.14 Å². The second-order valence-electron chi connectivity index (χ2n) is 5.67. The third-order valence-electron chi connectivity index (χ3n) is 3.82. The average molecular weight is 330 g/mol. The quantitative estimate of drug-likeness (QED) is 0.889. The van der Waals surface area contributed by atoms with E-state index >= 15 is 0 Å². The van der Waals surface area contributed by atoms with Crippen molar-refractivity contribution in [3.63, 3.8) is 0 Å². The van der Waals surface area contributed by atoms with E-state index in [1.807, 2.05) is 4.90 Å². The molecular weight excluding hydrogens is 308 g/mol. The molecule has 0 bridgehead atoms. The third-order valence-corrected chi connectivity index (χ3v) is 5.81. The van der Waals surface area contributed by atoms with E-state index in [0.29, 0.717) is 19.5 Å². The van der Waals surface area contributed by atoms with Gasteiger partial charge in [0.1, 0.15) is 0 Å².